The molecule has 4 heterocycles. The molecule has 1 N–H and O–H groups in total. The zero-order chi connectivity index (χ0) is 29.7. The number of aliphatic hydroxyl groups is 1. The summed E-state index contributed by atoms with van der Waals surface area (Å²) in [5.74, 6) is -0.616. The lowest BCUT2D eigenvalue weighted by Crippen LogP contribution is -2.62. The van der Waals surface area contributed by atoms with Gasteiger partial charge in [-0.05, 0) is 112 Å². The maximum Gasteiger partial charge on any atom is 0.303 e. The first-order valence-corrected chi connectivity index (χ1v) is 15.8. The molecule has 0 radical (unpaired) electrons. The summed E-state index contributed by atoms with van der Waals surface area (Å²) >= 11 is 3.77. The van der Waals surface area contributed by atoms with Crippen molar-refractivity contribution in [2.45, 2.75) is 170 Å². The Balaban J connectivity index is 1.39. The maximum absolute atomic E-state index is 13.3. The van der Waals surface area contributed by atoms with Crippen LogP contribution in [0.15, 0.2) is 12.2 Å². The molecular weight excluding hydrogens is 580 g/mol. The molecule has 0 spiro atoms. The summed E-state index contributed by atoms with van der Waals surface area (Å²) in [5.41, 5.74) is -3.06. The minimum atomic E-state index is -1.02. The van der Waals surface area contributed by atoms with Gasteiger partial charge < -0.3 is 28.8 Å². The fourth-order valence-corrected chi connectivity index (χ4v) is 7.26. The van der Waals surface area contributed by atoms with E-state index < -0.39 is 35.0 Å². The Morgan fingerprint density at radius 2 is 1.60 bits per heavy atom. The molecule has 0 aromatic rings. The van der Waals surface area contributed by atoms with E-state index in [1.165, 1.54) is 13.0 Å². The molecule has 8 nitrogen and oxygen atoms in total. The van der Waals surface area contributed by atoms with Crippen molar-refractivity contribution < 1.29 is 38.4 Å². The Bertz CT molecular complexity index is 990. The summed E-state index contributed by atoms with van der Waals surface area (Å²) in [6.45, 7) is 15.1. The number of esters is 1. The monoisotopic (exact) mass is 628 g/mol. The molecule has 4 fully saturated rings. The van der Waals surface area contributed by atoms with Crippen molar-refractivity contribution in [3.63, 3.8) is 0 Å². The Labute approximate surface area is 248 Å². The Morgan fingerprint density at radius 3 is 2.20 bits per heavy atom. The fourth-order valence-electron chi connectivity index (χ4n) is 6.94. The average Bonchev–Trinajstić information content (AvgIpc) is 3.26. The van der Waals surface area contributed by atoms with Crippen LogP contribution in [0.1, 0.15) is 107 Å². The topological polar surface area (TPSA) is 101 Å². The van der Waals surface area contributed by atoms with Gasteiger partial charge in [-0.1, -0.05) is 15.9 Å². The molecule has 9 heteroatoms. The smallest absolute Gasteiger partial charge is 0.303 e. The van der Waals surface area contributed by atoms with Gasteiger partial charge in [0.2, 0.25) is 0 Å². The third-order valence-electron chi connectivity index (χ3n) is 9.59. The Morgan fingerprint density at radius 1 is 0.950 bits per heavy atom. The summed E-state index contributed by atoms with van der Waals surface area (Å²) in [7, 11) is 0. The third kappa shape index (κ3) is 6.70. The van der Waals surface area contributed by atoms with Gasteiger partial charge in [0.05, 0.1) is 40.7 Å². The zero-order valence-electron chi connectivity index (χ0n) is 25.5. The number of hydrogen-bond acceptors (Lipinski definition) is 8. The Kier molecular flexibility index (Phi) is 9.10. The summed E-state index contributed by atoms with van der Waals surface area (Å²) in [6, 6.07) is 0. The van der Waals surface area contributed by atoms with Crippen LogP contribution in [0.2, 0.25) is 0 Å². The van der Waals surface area contributed by atoms with Gasteiger partial charge in [-0.15, -0.1) is 0 Å². The van der Waals surface area contributed by atoms with Crippen molar-refractivity contribution in [2.75, 3.05) is 0 Å². The number of fused-ring (bicyclic) bond motifs is 1. The first kappa shape index (κ1) is 32.1. The van der Waals surface area contributed by atoms with Crippen molar-refractivity contribution in [1.29, 1.82) is 0 Å². The van der Waals surface area contributed by atoms with Gasteiger partial charge in [-0.25, -0.2) is 0 Å². The van der Waals surface area contributed by atoms with Gasteiger partial charge >= 0.3 is 5.97 Å². The number of rotatable bonds is 7. The van der Waals surface area contributed by atoms with Crippen LogP contribution in [0.25, 0.3) is 0 Å². The normalized spacial score (nSPS) is 42.8. The summed E-state index contributed by atoms with van der Waals surface area (Å²) in [4.78, 5) is 25.5. The van der Waals surface area contributed by atoms with Crippen LogP contribution in [0.3, 0.4) is 0 Å². The first-order valence-electron chi connectivity index (χ1n) is 14.8. The van der Waals surface area contributed by atoms with Crippen LogP contribution >= 0.6 is 15.9 Å². The minimum absolute atomic E-state index is 0.0232. The molecule has 0 aromatic carbocycles. The van der Waals surface area contributed by atoms with Gasteiger partial charge in [0.15, 0.2) is 5.78 Å². The van der Waals surface area contributed by atoms with Gasteiger partial charge in [0, 0.05) is 11.8 Å². The van der Waals surface area contributed by atoms with Crippen molar-refractivity contribution in [3.8, 4) is 0 Å². The molecule has 40 heavy (non-hydrogen) atoms. The van der Waals surface area contributed by atoms with E-state index in [0.717, 1.165) is 32.1 Å². The van der Waals surface area contributed by atoms with E-state index in [4.69, 9.17) is 23.7 Å². The zero-order valence-corrected chi connectivity index (χ0v) is 27.0. The summed E-state index contributed by atoms with van der Waals surface area (Å²) in [6.07, 6.45) is 7.25. The Hall–Kier alpha value is -0.840. The number of halogens is 1. The lowest BCUT2D eigenvalue weighted by Gasteiger charge is -2.55. The molecule has 0 saturated carbocycles. The number of alkyl halides is 1. The molecule has 9 atom stereocenters. The quantitative estimate of drug-likeness (QED) is 0.229. The van der Waals surface area contributed by atoms with Gasteiger partial charge in [0.1, 0.15) is 17.8 Å². The largest absolute Gasteiger partial charge is 0.455 e. The number of ketones is 1. The average molecular weight is 630 g/mol. The molecule has 4 aliphatic rings. The predicted molar refractivity (Wildman–Crippen MR) is 154 cm³/mol. The van der Waals surface area contributed by atoms with Crippen LogP contribution in [0.4, 0.5) is 0 Å². The highest BCUT2D eigenvalue weighted by Gasteiger charge is 2.54. The lowest BCUT2D eigenvalue weighted by molar-refractivity contribution is -0.285. The van der Waals surface area contributed by atoms with E-state index in [1.54, 1.807) is 19.9 Å². The molecule has 0 bridgehead atoms. The predicted octanol–water partition coefficient (Wildman–Crippen LogP) is 5.35. The summed E-state index contributed by atoms with van der Waals surface area (Å²) in [5, 5.41) is 10.4. The highest BCUT2D eigenvalue weighted by atomic mass is 79.9. The maximum atomic E-state index is 13.3. The van der Waals surface area contributed by atoms with Crippen LogP contribution in [-0.2, 0) is 33.3 Å². The molecule has 0 aliphatic carbocycles. The van der Waals surface area contributed by atoms with Crippen LogP contribution < -0.4 is 0 Å². The molecule has 0 unspecified atom stereocenters. The second-order valence-corrected chi connectivity index (χ2v) is 15.2. The van der Waals surface area contributed by atoms with Crippen molar-refractivity contribution >= 4 is 27.7 Å². The molecule has 4 saturated heterocycles. The van der Waals surface area contributed by atoms with Crippen molar-refractivity contribution in [2.24, 2.45) is 0 Å². The number of carbonyl (C=O) groups excluding carboxylic acids is 2. The van der Waals surface area contributed by atoms with Crippen molar-refractivity contribution in [1.82, 2.24) is 0 Å². The molecular formula is C31H49BrO8. The standard InChI is InChI=1S/C31H49BrO8/c1-19(33)36-24(30(7)17-14-23(39-30)27(2,3)35)11-9-20(34)21-10-12-25-29(6,38-21)18-15-26(37-25)31(8)16-13-22(32)28(4,5)40-31/h9,11,21-26,35H,10,12-18H2,1-8H3/b11-9+/t21-,22-,23-,24+,25+,26+,29+,30-,31+/m1/s1. The van der Waals surface area contributed by atoms with Gasteiger partial charge in [-0.2, -0.15) is 0 Å². The molecule has 4 aliphatic heterocycles. The van der Waals surface area contributed by atoms with E-state index in [2.05, 4.69) is 36.7 Å². The molecule has 228 valence electrons. The minimum Gasteiger partial charge on any atom is -0.455 e. The number of carbonyl (C=O) groups is 2. The van der Waals surface area contributed by atoms with E-state index in [1.807, 2.05) is 13.8 Å². The second kappa shape index (κ2) is 11.3. The fraction of sp³-hybridized carbons (Fsp3) is 0.871. The van der Waals surface area contributed by atoms with Gasteiger partial charge in [0.25, 0.3) is 0 Å². The van der Waals surface area contributed by atoms with Crippen LogP contribution in [0.5, 0.6) is 0 Å². The number of ether oxygens (including phenoxy) is 5. The van der Waals surface area contributed by atoms with Gasteiger partial charge in [-0.3, -0.25) is 9.59 Å². The molecule has 0 aromatic heterocycles. The van der Waals surface area contributed by atoms with E-state index in [9.17, 15) is 14.7 Å². The lowest BCUT2D eigenvalue weighted by atomic mass is 9.76. The van der Waals surface area contributed by atoms with E-state index >= 15 is 0 Å². The number of hydrogen-bond donors (Lipinski definition) is 1. The third-order valence-corrected chi connectivity index (χ3v) is 11.2. The first-order chi connectivity index (χ1) is 18.4. The van der Waals surface area contributed by atoms with E-state index in [-0.39, 0.29) is 35.3 Å². The summed E-state index contributed by atoms with van der Waals surface area (Å²) < 4.78 is 31.5. The van der Waals surface area contributed by atoms with Crippen LogP contribution in [0, 0.1) is 0 Å². The second-order valence-electron chi connectivity index (χ2n) is 14.1. The van der Waals surface area contributed by atoms with E-state index in [0.29, 0.717) is 24.1 Å². The molecule has 0 amide bonds. The molecule has 4 rings (SSSR count). The highest BCUT2D eigenvalue weighted by molar-refractivity contribution is 9.09. The SMILES string of the molecule is CC(=O)O[C@@H](/C=C/C(=O)[C@H]1CC[C@@H]2O[C@H]([C@]3(C)CC[C@@H](Br)C(C)(C)O3)CC[C@]2(C)O1)[C@@]1(C)CC[C@H](C(C)(C)O)O1. The van der Waals surface area contributed by atoms with Crippen molar-refractivity contribution in [3.05, 3.63) is 12.2 Å². The van der Waals surface area contributed by atoms with Crippen LogP contribution in [-0.4, -0.2) is 80.2 Å². The highest BCUT2D eigenvalue weighted by Crippen LogP contribution is 2.48.